The van der Waals surface area contributed by atoms with E-state index in [-0.39, 0.29) is 23.3 Å². The molecule has 6 rings (SSSR count). The molecule has 31 heavy (non-hydrogen) atoms. The van der Waals surface area contributed by atoms with Gasteiger partial charge in [-0.2, -0.15) is 0 Å². The minimum atomic E-state index is -0.277. The summed E-state index contributed by atoms with van der Waals surface area (Å²) in [6.07, 6.45) is 7.57. The highest BCUT2D eigenvalue weighted by molar-refractivity contribution is 8.00. The minimum absolute atomic E-state index is 0.0279. The van der Waals surface area contributed by atoms with E-state index in [1.165, 1.54) is 31.0 Å². The van der Waals surface area contributed by atoms with Gasteiger partial charge in [0.05, 0.1) is 5.25 Å². The Kier molecular flexibility index (Phi) is 5.49. The van der Waals surface area contributed by atoms with Crippen molar-refractivity contribution in [2.75, 3.05) is 0 Å². The van der Waals surface area contributed by atoms with E-state index in [0.717, 1.165) is 53.9 Å². The van der Waals surface area contributed by atoms with Gasteiger partial charge in [0.15, 0.2) is 6.61 Å². The monoisotopic (exact) mass is 441 g/mol. The zero-order valence-electron chi connectivity index (χ0n) is 18.5. The van der Waals surface area contributed by atoms with E-state index in [1.807, 2.05) is 32.9 Å². The number of nitrogens with zero attached hydrogens (tertiary/aromatic N) is 2. The van der Waals surface area contributed by atoms with Crippen molar-refractivity contribution < 1.29 is 13.9 Å². The molecule has 4 fully saturated rings. The molecule has 0 spiro atoms. The number of nitrogens with one attached hydrogen (secondary N) is 1. The van der Waals surface area contributed by atoms with E-state index >= 15 is 0 Å². The normalized spacial score (nSPS) is 29.7. The van der Waals surface area contributed by atoms with Crippen molar-refractivity contribution in [2.24, 2.45) is 17.8 Å². The van der Waals surface area contributed by atoms with Crippen LogP contribution in [0.2, 0.25) is 0 Å². The highest BCUT2D eigenvalue weighted by Gasteiger charge is 2.51. The number of carbonyl (C=O) groups excluding carboxylic acids is 1. The molecule has 4 aliphatic rings. The van der Waals surface area contributed by atoms with Gasteiger partial charge >= 0.3 is 0 Å². The molecule has 7 heteroatoms. The molecule has 4 saturated carbocycles. The molecule has 1 aromatic heterocycles. The third-order valence-electron chi connectivity index (χ3n) is 7.22. The van der Waals surface area contributed by atoms with Crippen LogP contribution in [0.15, 0.2) is 27.8 Å². The third kappa shape index (κ3) is 4.47. The van der Waals surface area contributed by atoms with E-state index in [2.05, 4.69) is 21.6 Å². The van der Waals surface area contributed by atoms with Gasteiger partial charge in [0.2, 0.25) is 5.91 Å². The van der Waals surface area contributed by atoms with Gasteiger partial charge in [0.25, 0.3) is 11.1 Å². The number of aromatic nitrogens is 2. The van der Waals surface area contributed by atoms with Gasteiger partial charge in [-0.1, -0.05) is 23.9 Å². The molecule has 1 atom stereocenters. The molecule has 1 aromatic carbocycles. The standard InChI is InChI=1S/C24H31N3O3S/c1-14-4-5-15(2)20(6-14)29-13-21-26-27-23(30-21)31-16(3)22(28)25-24-10-17-7-18(11-24)9-19(8-17)12-24/h4-6,16-19H,7-13H2,1-3H3,(H,25,28). The first-order valence-corrected chi connectivity index (χ1v) is 12.3. The van der Waals surface area contributed by atoms with E-state index in [0.29, 0.717) is 11.1 Å². The summed E-state index contributed by atoms with van der Waals surface area (Å²) in [5, 5.41) is 11.8. The van der Waals surface area contributed by atoms with Crippen LogP contribution in [-0.2, 0) is 11.4 Å². The molecule has 4 aliphatic carbocycles. The summed E-state index contributed by atoms with van der Waals surface area (Å²) in [5.41, 5.74) is 2.23. The molecule has 0 radical (unpaired) electrons. The van der Waals surface area contributed by atoms with Crippen LogP contribution in [0.5, 0.6) is 5.75 Å². The topological polar surface area (TPSA) is 77.2 Å². The van der Waals surface area contributed by atoms with Gasteiger partial charge in [-0.15, -0.1) is 10.2 Å². The van der Waals surface area contributed by atoms with Crippen LogP contribution in [0.25, 0.3) is 0 Å². The fourth-order valence-corrected chi connectivity index (χ4v) is 6.88. The molecule has 0 saturated heterocycles. The highest BCUT2D eigenvalue weighted by Crippen LogP contribution is 2.55. The van der Waals surface area contributed by atoms with E-state index in [1.54, 1.807) is 0 Å². The predicted molar refractivity (Wildman–Crippen MR) is 119 cm³/mol. The van der Waals surface area contributed by atoms with Crippen LogP contribution >= 0.6 is 11.8 Å². The van der Waals surface area contributed by atoms with Crippen LogP contribution in [-0.4, -0.2) is 26.9 Å². The van der Waals surface area contributed by atoms with Crippen molar-refractivity contribution in [2.45, 2.75) is 81.9 Å². The Morgan fingerprint density at radius 1 is 1.19 bits per heavy atom. The summed E-state index contributed by atoms with van der Waals surface area (Å²) in [6, 6.07) is 6.08. The van der Waals surface area contributed by atoms with Gasteiger partial charge in [-0.25, -0.2) is 0 Å². The van der Waals surface area contributed by atoms with Gasteiger partial charge in [-0.3, -0.25) is 4.79 Å². The summed E-state index contributed by atoms with van der Waals surface area (Å²) in [5.74, 6) is 3.74. The first-order valence-electron chi connectivity index (χ1n) is 11.4. The molecule has 6 nitrogen and oxygen atoms in total. The zero-order valence-corrected chi connectivity index (χ0v) is 19.3. The van der Waals surface area contributed by atoms with Gasteiger partial charge < -0.3 is 14.5 Å². The number of hydrogen-bond acceptors (Lipinski definition) is 6. The molecule has 4 bridgehead atoms. The van der Waals surface area contributed by atoms with Gasteiger partial charge in [-0.05, 0) is 94.2 Å². The Balaban J connectivity index is 1.16. The maximum atomic E-state index is 13.0. The second-order valence-electron chi connectivity index (χ2n) is 9.97. The average Bonchev–Trinajstić information content (AvgIpc) is 3.14. The van der Waals surface area contributed by atoms with Crippen molar-refractivity contribution in [1.82, 2.24) is 15.5 Å². The Bertz CT molecular complexity index is 937. The molecule has 0 aliphatic heterocycles. The quantitative estimate of drug-likeness (QED) is 0.620. The Morgan fingerprint density at radius 3 is 2.55 bits per heavy atom. The first kappa shape index (κ1) is 20.9. The number of ether oxygens (including phenoxy) is 1. The molecule has 2 aromatic rings. The van der Waals surface area contributed by atoms with Crippen LogP contribution in [0.1, 0.15) is 62.5 Å². The summed E-state index contributed by atoms with van der Waals surface area (Å²) < 4.78 is 11.6. The van der Waals surface area contributed by atoms with E-state index < -0.39 is 0 Å². The lowest BCUT2D eigenvalue weighted by Crippen LogP contribution is -2.60. The van der Waals surface area contributed by atoms with Gasteiger partial charge in [0, 0.05) is 5.54 Å². The fourth-order valence-electron chi connectivity index (χ4n) is 6.18. The van der Waals surface area contributed by atoms with Crippen LogP contribution in [0, 0.1) is 31.6 Å². The van der Waals surface area contributed by atoms with E-state index in [9.17, 15) is 4.79 Å². The first-order chi connectivity index (χ1) is 14.9. The van der Waals surface area contributed by atoms with Gasteiger partial charge in [0.1, 0.15) is 5.75 Å². The molecule has 1 N–H and O–H groups in total. The van der Waals surface area contributed by atoms with E-state index in [4.69, 9.17) is 9.15 Å². The molecule has 166 valence electrons. The second-order valence-corrected chi connectivity index (χ2v) is 11.3. The molecule has 1 heterocycles. The lowest BCUT2D eigenvalue weighted by Gasteiger charge is -2.57. The maximum Gasteiger partial charge on any atom is 0.277 e. The summed E-state index contributed by atoms with van der Waals surface area (Å²) in [6.45, 7) is 6.17. The zero-order chi connectivity index (χ0) is 21.6. The second kappa shape index (κ2) is 8.15. The molecular formula is C24H31N3O3S. The highest BCUT2D eigenvalue weighted by atomic mass is 32.2. The SMILES string of the molecule is Cc1ccc(C)c(OCc2nnc(SC(C)C(=O)NC34CC5CC(CC(C5)C3)C4)o2)c1. The smallest absolute Gasteiger partial charge is 0.277 e. The van der Waals surface area contributed by atoms with Crippen LogP contribution in [0.3, 0.4) is 0 Å². The predicted octanol–water partition coefficient (Wildman–Crippen LogP) is 4.83. The Hall–Kier alpha value is -2.02. The lowest BCUT2D eigenvalue weighted by atomic mass is 9.53. The van der Waals surface area contributed by atoms with Crippen LogP contribution < -0.4 is 10.1 Å². The number of rotatable bonds is 7. The van der Waals surface area contributed by atoms with Crippen molar-refractivity contribution in [3.63, 3.8) is 0 Å². The fraction of sp³-hybridized carbons (Fsp3) is 0.625. The lowest BCUT2D eigenvalue weighted by molar-refractivity contribution is -0.126. The minimum Gasteiger partial charge on any atom is -0.484 e. The largest absolute Gasteiger partial charge is 0.484 e. The number of aryl methyl sites for hydroxylation is 2. The number of carbonyl (C=O) groups is 1. The van der Waals surface area contributed by atoms with Crippen molar-refractivity contribution in [3.8, 4) is 5.75 Å². The van der Waals surface area contributed by atoms with Crippen molar-refractivity contribution in [1.29, 1.82) is 0 Å². The van der Waals surface area contributed by atoms with Crippen molar-refractivity contribution >= 4 is 17.7 Å². The van der Waals surface area contributed by atoms with Crippen LogP contribution in [0.4, 0.5) is 0 Å². The summed E-state index contributed by atoms with van der Waals surface area (Å²) in [7, 11) is 0. The number of thioether (sulfide) groups is 1. The number of amides is 1. The maximum absolute atomic E-state index is 13.0. The molecule has 1 unspecified atom stereocenters. The summed E-state index contributed by atoms with van der Waals surface area (Å²) >= 11 is 1.32. The van der Waals surface area contributed by atoms with Crippen molar-refractivity contribution in [3.05, 3.63) is 35.2 Å². The third-order valence-corrected chi connectivity index (χ3v) is 8.15. The molecular weight excluding hydrogens is 410 g/mol. The Labute approximate surface area is 187 Å². The average molecular weight is 442 g/mol. The molecule has 1 amide bonds. The Morgan fingerprint density at radius 2 is 1.87 bits per heavy atom. The number of benzene rings is 1. The number of hydrogen-bond donors (Lipinski definition) is 1. The summed E-state index contributed by atoms with van der Waals surface area (Å²) in [4.78, 5) is 13.0.